The van der Waals surface area contributed by atoms with E-state index in [0.29, 0.717) is 12.2 Å². The molecular formula is C25H27ClO2. The Morgan fingerprint density at radius 3 is 2.46 bits per heavy atom. The number of esters is 1. The molecule has 28 heavy (non-hydrogen) atoms. The number of hydrogen-bond donors (Lipinski definition) is 0. The molecule has 2 aliphatic rings. The zero-order valence-corrected chi connectivity index (χ0v) is 17.6. The minimum atomic E-state index is -0.269. The van der Waals surface area contributed by atoms with E-state index in [1.807, 2.05) is 31.2 Å². The third-order valence-corrected chi connectivity index (χ3v) is 5.46. The Balaban J connectivity index is 2.25. The molecule has 2 nitrogen and oxygen atoms in total. The van der Waals surface area contributed by atoms with Crippen molar-refractivity contribution in [2.45, 2.75) is 46.5 Å². The number of ether oxygens (including phenoxy) is 1. The molecule has 3 heteroatoms. The van der Waals surface area contributed by atoms with Crippen LogP contribution in [0.25, 0.3) is 5.57 Å². The zero-order valence-electron chi connectivity index (χ0n) is 16.8. The highest BCUT2D eigenvalue weighted by Gasteiger charge is 2.19. The van der Waals surface area contributed by atoms with Crippen LogP contribution in [0.2, 0.25) is 5.02 Å². The number of hydrogen-bond acceptors (Lipinski definition) is 2. The average Bonchev–Trinajstić information content (AvgIpc) is 2.84. The standard InChI is InChI=1S/C25H27ClO2/c1-4-18-7-9-19-8-6-17(3)14-21(25(27)28-5-2)16-24(19)23(15-18)20-10-12-22(26)13-11-20/h9-16H,4-8H2,1-3H3. The van der Waals surface area contributed by atoms with Crippen molar-refractivity contribution in [1.29, 1.82) is 0 Å². The van der Waals surface area contributed by atoms with E-state index in [2.05, 4.69) is 38.1 Å². The maximum atomic E-state index is 12.6. The van der Waals surface area contributed by atoms with Gasteiger partial charge in [-0.25, -0.2) is 4.79 Å². The van der Waals surface area contributed by atoms with Crippen LogP contribution < -0.4 is 0 Å². The molecule has 0 aromatic heterocycles. The number of allylic oxidation sites excluding steroid dienone is 8. The fourth-order valence-electron chi connectivity index (χ4n) is 3.60. The van der Waals surface area contributed by atoms with E-state index in [-0.39, 0.29) is 5.97 Å². The lowest BCUT2D eigenvalue weighted by molar-refractivity contribution is -0.138. The van der Waals surface area contributed by atoms with Crippen LogP contribution >= 0.6 is 11.6 Å². The molecule has 0 saturated heterocycles. The molecule has 2 aliphatic carbocycles. The van der Waals surface area contributed by atoms with Crippen molar-refractivity contribution in [3.05, 3.63) is 87.0 Å². The fourth-order valence-corrected chi connectivity index (χ4v) is 3.72. The van der Waals surface area contributed by atoms with Gasteiger partial charge in [-0.2, -0.15) is 0 Å². The Labute approximate surface area is 172 Å². The van der Waals surface area contributed by atoms with Crippen molar-refractivity contribution in [3.8, 4) is 0 Å². The van der Waals surface area contributed by atoms with Crippen LogP contribution in [-0.4, -0.2) is 12.6 Å². The Morgan fingerprint density at radius 2 is 1.79 bits per heavy atom. The molecule has 1 aromatic carbocycles. The summed E-state index contributed by atoms with van der Waals surface area (Å²) in [5.74, 6) is -0.269. The molecule has 0 unspecified atom stereocenters. The van der Waals surface area contributed by atoms with Crippen molar-refractivity contribution in [1.82, 2.24) is 0 Å². The summed E-state index contributed by atoms with van der Waals surface area (Å²) in [6.07, 6.45) is 12.4. The summed E-state index contributed by atoms with van der Waals surface area (Å²) in [5.41, 5.74) is 7.84. The van der Waals surface area contributed by atoms with E-state index in [1.165, 1.54) is 16.7 Å². The second kappa shape index (κ2) is 9.25. The predicted octanol–water partition coefficient (Wildman–Crippen LogP) is 6.99. The molecule has 0 spiro atoms. The third-order valence-electron chi connectivity index (χ3n) is 5.21. The van der Waals surface area contributed by atoms with Gasteiger partial charge >= 0.3 is 5.97 Å². The minimum Gasteiger partial charge on any atom is -0.462 e. The normalized spacial score (nSPS) is 17.3. The Hall–Kier alpha value is -2.32. The van der Waals surface area contributed by atoms with Gasteiger partial charge in [0, 0.05) is 5.02 Å². The SMILES string of the molecule is CCOC(=O)C1=CC2=C(c3ccc(Cl)cc3)C=C(CC)CC=C2CCC(C)=C1. The van der Waals surface area contributed by atoms with Crippen LogP contribution in [0.4, 0.5) is 0 Å². The number of fused-ring (bicyclic) bond motifs is 1. The van der Waals surface area contributed by atoms with Gasteiger partial charge in [0.25, 0.3) is 0 Å². The summed E-state index contributed by atoms with van der Waals surface area (Å²) in [5, 5.41) is 0.720. The van der Waals surface area contributed by atoms with Crippen molar-refractivity contribution in [2.24, 2.45) is 0 Å². The second-order valence-electron chi connectivity index (χ2n) is 7.23. The van der Waals surface area contributed by atoms with Gasteiger partial charge in [-0.15, -0.1) is 0 Å². The average molecular weight is 395 g/mol. The molecular weight excluding hydrogens is 368 g/mol. The molecule has 146 valence electrons. The van der Waals surface area contributed by atoms with E-state index in [1.54, 1.807) is 0 Å². The molecule has 0 amide bonds. The predicted molar refractivity (Wildman–Crippen MR) is 117 cm³/mol. The summed E-state index contributed by atoms with van der Waals surface area (Å²) in [4.78, 5) is 12.6. The highest BCUT2D eigenvalue weighted by molar-refractivity contribution is 6.30. The molecule has 0 radical (unpaired) electrons. The number of halogens is 1. The molecule has 0 saturated carbocycles. The topological polar surface area (TPSA) is 26.3 Å². The molecule has 0 atom stereocenters. The maximum Gasteiger partial charge on any atom is 0.338 e. The first-order chi connectivity index (χ1) is 13.5. The molecule has 3 rings (SSSR count). The van der Waals surface area contributed by atoms with Gasteiger partial charge in [-0.05, 0) is 86.1 Å². The first-order valence-corrected chi connectivity index (χ1v) is 10.3. The molecule has 0 heterocycles. The van der Waals surface area contributed by atoms with Gasteiger partial charge in [0.05, 0.1) is 12.2 Å². The first kappa shape index (κ1) is 20.4. The number of rotatable bonds is 4. The molecule has 0 aliphatic heterocycles. The summed E-state index contributed by atoms with van der Waals surface area (Å²) < 4.78 is 5.31. The summed E-state index contributed by atoms with van der Waals surface area (Å²) in [6.45, 7) is 6.47. The first-order valence-electron chi connectivity index (χ1n) is 9.96. The largest absolute Gasteiger partial charge is 0.462 e. The Morgan fingerprint density at radius 1 is 1.04 bits per heavy atom. The second-order valence-corrected chi connectivity index (χ2v) is 7.67. The van der Waals surface area contributed by atoms with Crippen molar-refractivity contribution < 1.29 is 9.53 Å². The van der Waals surface area contributed by atoms with Crippen molar-refractivity contribution >= 4 is 23.1 Å². The zero-order chi connectivity index (χ0) is 20.1. The van der Waals surface area contributed by atoms with Gasteiger partial charge in [0.2, 0.25) is 0 Å². The van der Waals surface area contributed by atoms with E-state index >= 15 is 0 Å². The number of carbonyl (C=O) groups excluding carboxylic acids is 1. The van der Waals surface area contributed by atoms with Gasteiger partial charge < -0.3 is 4.74 Å². The quantitative estimate of drug-likeness (QED) is 0.514. The lowest BCUT2D eigenvalue weighted by atomic mass is 9.88. The van der Waals surface area contributed by atoms with Gasteiger partial charge in [0.1, 0.15) is 0 Å². The summed E-state index contributed by atoms with van der Waals surface area (Å²) in [6, 6.07) is 7.94. The van der Waals surface area contributed by atoms with Crippen LogP contribution in [0.3, 0.4) is 0 Å². The highest BCUT2D eigenvalue weighted by Crippen LogP contribution is 2.37. The minimum absolute atomic E-state index is 0.269. The number of benzene rings is 1. The van der Waals surface area contributed by atoms with Gasteiger partial charge in [-0.3, -0.25) is 0 Å². The summed E-state index contributed by atoms with van der Waals surface area (Å²) in [7, 11) is 0. The van der Waals surface area contributed by atoms with E-state index in [9.17, 15) is 4.79 Å². The van der Waals surface area contributed by atoms with Crippen LogP contribution in [0.15, 0.2) is 76.4 Å². The smallest absolute Gasteiger partial charge is 0.338 e. The van der Waals surface area contributed by atoms with E-state index in [0.717, 1.165) is 47.4 Å². The van der Waals surface area contributed by atoms with Gasteiger partial charge in [-0.1, -0.05) is 54.0 Å². The fraction of sp³-hybridized carbons (Fsp3) is 0.320. The van der Waals surface area contributed by atoms with Crippen molar-refractivity contribution in [2.75, 3.05) is 6.61 Å². The monoisotopic (exact) mass is 394 g/mol. The van der Waals surface area contributed by atoms with Crippen LogP contribution in [0.5, 0.6) is 0 Å². The molecule has 0 N–H and O–H groups in total. The van der Waals surface area contributed by atoms with Crippen LogP contribution in [0.1, 0.15) is 52.0 Å². The highest BCUT2D eigenvalue weighted by atomic mass is 35.5. The van der Waals surface area contributed by atoms with Gasteiger partial charge in [0.15, 0.2) is 0 Å². The van der Waals surface area contributed by atoms with Crippen LogP contribution in [-0.2, 0) is 9.53 Å². The van der Waals surface area contributed by atoms with E-state index in [4.69, 9.17) is 16.3 Å². The molecule has 0 bridgehead atoms. The number of carbonyl (C=O) groups is 1. The molecule has 1 aromatic rings. The maximum absolute atomic E-state index is 12.6. The lowest BCUT2D eigenvalue weighted by Crippen LogP contribution is -2.09. The van der Waals surface area contributed by atoms with E-state index < -0.39 is 0 Å². The van der Waals surface area contributed by atoms with Crippen molar-refractivity contribution in [3.63, 3.8) is 0 Å². The third kappa shape index (κ3) is 4.74. The molecule has 0 fully saturated rings. The Kier molecular flexibility index (Phi) is 6.74. The Bertz CT molecular complexity index is 908. The lowest BCUT2D eigenvalue weighted by Gasteiger charge is -2.17. The van der Waals surface area contributed by atoms with Crippen LogP contribution in [0, 0.1) is 0 Å². The summed E-state index contributed by atoms with van der Waals surface area (Å²) >= 11 is 6.12.